The Bertz CT molecular complexity index is 1540. The summed E-state index contributed by atoms with van der Waals surface area (Å²) in [5, 5.41) is -0.715. The zero-order valence-electron chi connectivity index (χ0n) is 25.3. The van der Waals surface area contributed by atoms with Crippen LogP contribution in [0, 0.1) is 0 Å². The standard InChI is InChI=1S/C36H40N2O4S2/c1-37(25-30-16-10-5-11-17-30)36(39)35-24-33(43-27-31-18-20-32(42-2)21-19-31)26-38(35)44(40,41)34(22-28-12-6-3-7-13-28)23-29-14-8-4-9-15-29/h3-21,33-35H,22-27H2,1-2H3. The van der Waals surface area contributed by atoms with Gasteiger partial charge in [-0.1, -0.05) is 103 Å². The van der Waals surface area contributed by atoms with E-state index in [4.69, 9.17) is 4.74 Å². The summed E-state index contributed by atoms with van der Waals surface area (Å²) in [6, 6.07) is 36.5. The van der Waals surface area contributed by atoms with Crippen molar-refractivity contribution in [1.82, 2.24) is 9.21 Å². The molecule has 1 saturated heterocycles. The predicted octanol–water partition coefficient (Wildman–Crippen LogP) is 6.21. The van der Waals surface area contributed by atoms with E-state index >= 15 is 0 Å². The highest BCUT2D eigenvalue weighted by Gasteiger charge is 2.47. The van der Waals surface area contributed by atoms with Gasteiger partial charge in [0.2, 0.25) is 15.9 Å². The molecular formula is C36H40N2O4S2. The molecule has 2 atom stereocenters. The lowest BCUT2D eigenvalue weighted by Gasteiger charge is -2.31. The second-order valence-corrected chi connectivity index (χ2v) is 14.8. The Morgan fingerprint density at radius 1 is 0.818 bits per heavy atom. The molecular weight excluding hydrogens is 589 g/mol. The first-order chi connectivity index (χ1) is 21.3. The number of nitrogens with zero attached hydrogens (tertiary/aromatic N) is 2. The molecule has 0 aromatic heterocycles. The number of carbonyl (C=O) groups is 1. The van der Waals surface area contributed by atoms with Gasteiger partial charge in [0.25, 0.3) is 0 Å². The molecule has 0 N–H and O–H groups in total. The van der Waals surface area contributed by atoms with Gasteiger partial charge in [0.05, 0.1) is 12.4 Å². The molecule has 0 radical (unpaired) electrons. The smallest absolute Gasteiger partial charge is 0.241 e. The Morgan fingerprint density at radius 3 is 1.86 bits per heavy atom. The normalized spacial score (nSPS) is 17.1. The van der Waals surface area contributed by atoms with Crippen LogP contribution in [0.25, 0.3) is 0 Å². The molecule has 1 aliphatic rings. The van der Waals surface area contributed by atoms with E-state index in [0.29, 0.717) is 32.4 Å². The number of thioether (sulfide) groups is 1. The number of methoxy groups -OCH3 is 1. The largest absolute Gasteiger partial charge is 0.497 e. The van der Waals surface area contributed by atoms with E-state index < -0.39 is 21.3 Å². The minimum Gasteiger partial charge on any atom is -0.497 e. The molecule has 0 saturated carbocycles. The average molecular weight is 629 g/mol. The number of hydrogen-bond donors (Lipinski definition) is 0. The fraction of sp³-hybridized carbons (Fsp3) is 0.306. The zero-order chi connectivity index (χ0) is 30.9. The Hall–Kier alpha value is -3.59. The fourth-order valence-corrected chi connectivity index (χ4v) is 9.16. The van der Waals surface area contributed by atoms with Crippen LogP contribution >= 0.6 is 11.8 Å². The van der Waals surface area contributed by atoms with Gasteiger partial charge in [0, 0.05) is 31.1 Å². The van der Waals surface area contributed by atoms with Crippen LogP contribution in [-0.2, 0) is 40.0 Å². The molecule has 1 fully saturated rings. The van der Waals surface area contributed by atoms with Crippen molar-refractivity contribution < 1.29 is 17.9 Å². The molecule has 0 bridgehead atoms. The molecule has 8 heteroatoms. The van der Waals surface area contributed by atoms with Crippen LogP contribution in [0.1, 0.15) is 28.7 Å². The van der Waals surface area contributed by atoms with Crippen LogP contribution in [0.5, 0.6) is 5.75 Å². The second-order valence-electron chi connectivity index (χ2n) is 11.3. The maximum Gasteiger partial charge on any atom is 0.241 e. The summed E-state index contributed by atoms with van der Waals surface area (Å²) in [5.74, 6) is 1.36. The van der Waals surface area contributed by atoms with E-state index in [2.05, 4.69) is 0 Å². The molecule has 44 heavy (non-hydrogen) atoms. The monoisotopic (exact) mass is 628 g/mol. The van der Waals surface area contributed by atoms with Gasteiger partial charge >= 0.3 is 0 Å². The second kappa shape index (κ2) is 14.9. The van der Waals surface area contributed by atoms with Crippen molar-refractivity contribution in [3.05, 3.63) is 138 Å². The maximum absolute atomic E-state index is 14.7. The van der Waals surface area contributed by atoms with E-state index in [1.165, 1.54) is 4.31 Å². The van der Waals surface area contributed by atoms with Gasteiger partial charge in [-0.25, -0.2) is 8.42 Å². The molecule has 0 aliphatic carbocycles. The van der Waals surface area contributed by atoms with Crippen molar-refractivity contribution in [2.75, 3.05) is 20.7 Å². The first-order valence-corrected chi connectivity index (χ1v) is 17.5. The highest BCUT2D eigenvalue weighted by Crippen LogP contribution is 2.35. The summed E-state index contributed by atoms with van der Waals surface area (Å²) in [7, 11) is -0.454. The lowest BCUT2D eigenvalue weighted by atomic mass is 10.0. The minimum absolute atomic E-state index is 0.0138. The van der Waals surface area contributed by atoms with Crippen LogP contribution in [0.2, 0.25) is 0 Å². The molecule has 4 aromatic rings. The fourth-order valence-electron chi connectivity index (χ4n) is 5.75. The van der Waals surface area contributed by atoms with Gasteiger partial charge < -0.3 is 9.64 Å². The Labute approximate surface area is 266 Å². The van der Waals surface area contributed by atoms with E-state index in [-0.39, 0.29) is 11.2 Å². The molecule has 1 aliphatic heterocycles. The van der Waals surface area contributed by atoms with Gasteiger partial charge in [-0.2, -0.15) is 16.1 Å². The van der Waals surface area contributed by atoms with Crippen molar-refractivity contribution in [3.8, 4) is 5.75 Å². The van der Waals surface area contributed by atoms with Gasteiger partial charge in [-0.3, -0.25) is 4.79 Å². The summed E-state index contributed by atoms with van der Waals surface area (Å²) >= 11 is 1.71. The lowest BCUT2D eigenvalue weighted by molar-refractivity contribution is -0.133. The molecule has 1 amide bonds. The van der Waals surface area contributed by atoms with E-state index in [0.717, 1.165) is 33.8 Å². The first-order valence-electron chi connectivity index (χ1n) is 15.0. The molecule has 0 spiro atoms. The van der Waals surface area contributed by atoms with Crippen LogP contribution in [-0.4, -0.2) is 60.8 Å². The third-order valence-electron chi connectivity index (χ3n) is 8.15. The Balaban J connectivity index is 1.41. The molecule has 5 rings (SSSR count). The zero-order valence-corrected chi connectivity index (χ0v) is 26.9. The van der Waals surface area contributed by atoms with Gasteiger partial charge in [0.1, 0.15) is 11.8 Å². The minimum atomic E-state index is -3.87. The highest BCUT2D eigenvalue weighted by molar-refractivity contribution is 7.99. The summed E-state index contributed by atoms with van der Waals surface area (Å²) in [4.78, 5) is 15.7. The number of hydrogen-bond acceptors (Lipinski definition) is 5. The third kappa shape index (κ3) is 8.11. The van der Waals surface area contributed by atoms with Crippen molar-refractivity contribution in [2.45, 2.75) is 48.1 Å². The molecule has 230 valence electrons. The summed E-state index contributed by atoms with van der Waals surface area (Å²) in [5.41, 5.74) is 4.07. The average Bonchev–Trinajstić information content (AvgIpc) is 3.50. The van der Waals surface area contributed by atoms with Crippen LogP contribution < -0.4 is 4.74 Å². The lowest BCUT2D eigenvalue weighted by Crippen LogP contribution is -2.50. The van der Waals surface area contributed by atoms with E-state index in [1.54, 1.807) is 30.8 Å². The number of rotatable bonds is 13. The molecule has 1 heterocycles. The Kier molecular flexibility index (Phi) is 10.8. The quantitative estimate of drug-likeness (QED) is 0.176. The predicted molar refractivity (Wildman–Crippen MR) is 179 cm³/mol. The SMILES string of the molecule is COc1ccc(CSC2CC(C(=O)N(C)Cc3ccccc3)N(S(=O)(=O)C(Cc3ccccc3)Cc3ccccc3)C2)cc1. The van der Waals surface area contributed by atoms with E-state index in [1.807, 2.05) is 115 Å². The van der Waals surface area contributed by atoms with Crippen LogP contribution in [0.4, 0.5) is 0 Å². The summed E-state index contributed by atoms with van der Waals surface area (Å²) < 4.78 is 36.1. The number of amides is 1. The molecule has 2 unspecified atom stereocenters. The summed E-state index contributed by atoms with van der Waals surface area (Å²) in [6.45, 7) is 0.726. The van der Waals surface area contributed by atoms with Gasteiger partial charge in [0.15, 0.2) is 0 Å². The summed E-state index contributed by atoms with van der Waals surface area (Å²) in [6.07, 6.45) is 1.22. The van der Waals surface area contributed by atoms with Gasteiger partial charge in [-0.05, 0) is 53.6 Å². The third-order valence-corrected chi connectivity index (χ3v) is 11.7. The topological polar surface area (TPSA) is 66.9 Å². The number of sulfonamides is 1. The first kappa shape index (κ1) is 31.8. The number of carbonyl (C=O) groups excluding carboxylic acids is 1. The Morgan fingerprint density at radius 2 is 1.34 bits per heavy atom. The van der Waals surface area contributed by atoms with Crippen LogP contribution in [0.15, 0.2) is 115 Å². The highest BCUT2D eigenvalue weighted by atomic mass is 32.2. The molecule has 4 aromatic carbocycles. The van der Waals surface area contributed by atoms with Crippen molar-refractivity contribution in [3.63, 3.8) is 0 Å². The number of likely N-dealkylation sites (N-methyl/N-ethyl adjacent to an activating group) is 1. The number of ether oxygens (including phenoxy) is 1. The van der Waals surface area contributed by atoms with Gasteiger partial charge in [-0.15, -0.1) is 0 Å². The van der Waals surface area contributed by atoms with Crippen LogP contribution in [0.3, 0.4) is 0 Å². The van der Waals surface area contributed by atoms with E-state index in [9.17, 15) is 13.2 Å². The van der Waals surface area contributed by atoms with Crippen molar-refractivity contribution in [1.29, 1.82) is 0 Å². The number of benzene rings is 4. The maximum atomic E-state index is 14.7. The molecule has 6 nitrogen and oxygen atoms in total. The van der Waals surface area contributed by atoms with Crippen molar-refractivity contribution in [2.24, 2.45) is 0 Å². The van der Waals surface area contributed by atoms with Crippen molar-refractivity contribution >= 4 is 27.7 Å².